The van der Waals surface area contributed by atoms with Crippen molar-refractivity contribution in [3.05, 3.63) is 173 Å². The van der Waals surface area contributed by atoms with Crippen molar-refractivity contribution < 1.29 is 0 Å². The van der Waals surface area contributed by atoms with Crippen molar-refractivity contribution >= 4 is 50.0 Å². The number of benzene rings is 6. The molecule has 2 heteroatoms. The van der Waals surface area contributed by atoms with E-state index in [1.807, 2.05) is 12.2 Å². The van der Waals surface area contributed by atoms with Gasteiger partial charge in [0, 0.05) is 44.7 Å². The average Bonchev–Trinajstić information content (AvgIpc) is 3.11. The van der Waals surface area contributed by atoms with E-state index in [0.717, 1.165) is 22.8 Å². The maximum absolute atomic E-state index is 3.23. The van der Waals surface area contributed by atoms with E-state index in [1.54, 1.807) is 0 Å². The van der Waals surface area contributed by atoms with Gasteiger partial charge in [0.2, 0.25) is 0 Å². The molecule has 0 fully saturated rings. The Morgan fingerprint density at radius 1 is 0.489 bits per heavy atom. The molecule has 6 aromatic carbocycles. The van der Waals surface area contributed by atoms with Crippen LogP contribution in [0.25, 0.3) is 21.5 Å². The molecule has 0 aromatic heterocycles. The van der Waals surface area contributed by atoms with E-state index in [1.165, 1.54) is 49.6 Å². The number of anilines is 5. The van der Waals surface area contributed by atoms with Crippen molar-refractivity contribution in [3.8, 4) is 0 Å². The summed E-state index contributed by atoms with van der Waals surface area (Å²) in [4.78, 5) is 4.85. The average molecular weight is 609 g/mol. The quantitative estimate of drug-likeness (QED) is 0.0963. The third-order valence-corrected chi connectivity index (χ3v) is 9.11. The molecule has 7 rings (SSSR count). The molecule has 0 unspecified atom stereocenters. The SMILES string of the molecule is Cc1ccc(N(c2ccccc2)c2c3ccc(C(C)C)cc3c(N(C3=CC=C=C=C3)c3ccccc3)c3ccc(C(C)C)cc23)cc1. The number of aryl methyl sites for hydroxylation is 1. The van der Waals surface area contributed by atoms with Crippen molar-refractivity contribution in [2.24, 2.45) is 0 Å². The van der Waals surface area contributed by atoms with Crippen LogP contribution in [-0.4, -0.2) is 0 Å². The summed E-state index contributed by atoms with van der Waals surface area (Å²) in [5, 5.41) is 4.82. The van der Waals surface area contributed by atoms with E-state index in [2.05, 4.69) is 183 Å². The van der Waals surface area contributed by atoms with Gasteiger partial charge in [-0.3, -0.25) is 0 Å². The van der Waals surface area contributed by atoms with Crippen LogP contribution in [0.3, 0.4) is 0 Å². The fraction of sp³-hybridized carbons (Fsp3) is 0.156. The van der Waals surface area contributed by atoms with Crippen molar-refractivity contribution in [1.82, 2.24) is 0 Å². The molecule has 0 amide bonds. The van der Waals surface area contributed by atoms with Gasteiger partial charge in [0.1, 0.15) is 0 Å². The smallest absolute Gasteiger partial charge is 0.0620 e. The summed E-state index contributed by atoms with van der Waals surface area (Å²) in [6.45, 7) is 11.3. The van der Waals surface area contributed by atoms with Gasteiger partial charge in [0.25, 0.3) is 0 Å². The summed E-state index contributed by atoms with van der Waals surface area (Å²) in [6, 6.07) is 44.6. The Bertz CT molecular complexity index is 2210. The highest BCUT2D eigenvalue weighted by atomic mass is 15.2. The fourth-order valence-electron chi connectivity index (χ4n) is 6.56. The van der Waals surface area contributed by atoms with Crippen LogP contribution < -0.4 is 9.80 Å². The predicted molar refractivity (Wildman–Crippen MR) is 202 cm³/mol. The van der Waals surface area contributed by atoms with Crippen LogP contribution >= 0.6 is 0 Å². The topological polar surface area (TPSA) is 6.48 Å². The zero-order valence-corrected chi connectivity index (χ0v) is 27.8. The minimum atomic E-state index is 0.377. The molecule has 47 heavy (non-hydrogen) atoms. The molecule has 0 bridgehead atoms. The highest BCUT2D eigenvalue weighted by molar-refractivity contribution is 6.23. The van der Waals surface area contributed by atoms with E-state index in [-0.39, 0.29) is 0 Å². The van der Waals surface area contributed by atoms with Gasteiger partial charge >= 0.3 is 0 Å². The number of fused-ring (bicyclic) bond motifs is 2. The highest BCUT2D eigenvalue weighted by Crippen LogP contribution is 2.51. The lowest BCUT2D eigenvalue weighted by Gasteiger charge is -2.33. The molecule has 0 spiro atoms. The molecular formula is C45H40N2. The van der Waals surface area contributed by atoms with Crippen LogP contribution in [0.5, 0.6) is 0 Å². The summed E-state index contributed by atoms with van der Waals surface area (Å²) < 4.78 is 0. The van der Waals surface area contributed by atoms with Crippen LogP contribution in [0.4, 0.5) is 28.4 Å². The lowest BCUT2D eigenvalue weighted by Crippen LogP contribution is -2.18. The van der Waals surface area contributed by atoms with Gasteiger partial charge in [-0.05, 0) is 90.6 Å². The van der Waals surface area contributed by atoms with Crippen LogP contribution in [0.2, 0.25) is 0 Å². The van der Waals surface area contributed by atoms with E-state index in [9.17, 15) is 0 Å². The second kappa shape index (κ2) is 12.7. The summed E-state index contributed by atoms with van der Waals surface area (Å²) >= 11 is 0. The Hall–Kier alpha value is -5.52. The fourth-order valence-corrected chi connectivity index (χ4v) is 6.56. The Morgan fingerprint density at radius 2 is 0.979 bits per heavy atom. The van der Waals surface area contributed by atoms with Crippen molar-refractivity contribution in [3.63, 3.8) is 0 Å². The van der Waals surface area contributed by atoms with Gasteiger partial charge in [0.05, 0.1) is 17.1 Å². The monoisotopic (exact) mass is 608 g/mol. The Kier molecular flexibility index (Phi) is 8.15. The van der Waals surface area contributed by atoms with Crippen LogP contribution in [0.15, 0.2) is 157 Å². The molecule has 2 nitrogen and oxygen atoms in total. The Morgan fingerprint density at radius 3 is 1.47 bits per heavy atom. The van der Waals surface area contributed by atoms with Gasteiger partial charge < -0.3 is 9.80 Å². The first-order chi connectivity index (χ1) is 22.9. The molecule has 6 aromatic rings. The summed E-state index contributed by atoms with van der Waals surface area (Å²) in [5.74, 6) is 0.755. The highest BCUT2D eigenvalue weighted by Gasteiger charge is 2.26. The van der Waals surface area contributed by atoms with Crippen molar-refractivity contribution in [2.45, 2.75) is 46.5 Å². The van der Waals surface area contributed by atoms with E-state index >= 15 is 0 Å². The molecule has 0 N–H and O–H groups in total. The second-order valence-electron chi connectivity index (χ2n) is 13.0. The first-order valence-electron chi connectivity index (χ1n) is 16.6. The second-order valence-corrected chi connectivity index (χ2v) is 13.0. The third kappa shape index (κ3) is 5.71. The first-order valence-corrected chi connectivity index (χ1v) is 16.6. The molecule has 0 aliphatic heterocycles. The molecule has 0 saturated heterocycles. The summed E-state index contributed by atoms with van der Waals surface area (Å²) in [5.41, 5.74) is 17.0. The van der Waals surface area contributed by atoms with Crippen molar-refractivity contribution in [1.29, 1.82) is 0 Å². The molecule has 0 atom stereocenters. The molecule has 0 radical (unpaired) electrons. The molecule has 0 saturated carbocycles. The van der Waals surface area contributed by atoms with Gasteiger partial charge in [-0.15, -0.1) is 0 Å². The molecule has 230 valence electrons. The van der Waals surface area contributed by atoms with Gasteiger partial charge in [-0.1, -0.05) is 118 Å². The van der Waals surface area contributed by atoms with Gasteiger partial charge in [0.15, 0.2) is 0 Å². The number of nitrogens with zero attached hydrogens (tertiary/aromatic N) is 2. The third-order valence-electron chi connectivity index (χ3n) is 9.11. The van der Waals surface area contributed by atoms with Crippen LogP contribution in [0, 0.1) is 6.92 Å². The maximum atomic E-state index is 3.23. The van der Waals surface area contributed by atoms with E-state index in [4.69, 9.17) is 0 Å². The van der Waals surface area contributed by atoms with Crippen LogP contribution in [0.1, 0.15) is 56.2 Å². The largest absolute Gasteiger partial charge is 0.309 e. The van der Waals surface area contributed by atoms with Gasteiger partial charge in [-0.25, -0.2) is 0 Å². The minimum absolute atomic E-state index is 0.377. The maximum Gasteiger partial charge on any atom is 0.0620 e. The number of allylic oxidation sites excluding steroid dienone is 3. The summed E-state index contributed by atoms with van der Waals surface area (Å²) in [7, 11) is 0. The van der Waals surface area contributed by atoms with E-state index < -0.39 is 0 Å². The first kappa shape index (κ1) is 30.2. The Balaban J connectivity index is 1.68. The standard InChI is InChI=1S/C45H40N2/c1-31(2)34-24-28-41-42(29-34)44(46(36-15-9-6-10-16-36)37-17-11-7-12-18-37)40-27-23-35(32(3)4)30-43(40)45(41)47(38-19-13-8-14-20-38)39-25-21-33(5)22-26-39/h6,8-11,13-32H,1-5H3. The Labute approximate surface area is 278 Å². The molecule has 1 aliphatic carbocycles. The minimum Gasteiger partial charge on any atom is -0.309 e. The molecular weight excluding hydrogens is 569 g/mol. The zero-order valence-electron chi connectivity index (χ0n) is 27.8. The number of rotatable bonds is 8. The number of hydrogen-bond acceptors (Lipinski definition) is 2. The van der Waals surface area contributed by atoms with E-state index in [0.29, 0.717) is 11.8 Å². The predicted octanol–water partition coefficient (Wildman–Crippen LogP) is 12.9. The zero-order chi connectivity index (χ0) is 32.5. The molecule has 0 heterocycles. The van der Waals surface area contributed by atoms with Crippen LogP contribution in [-0.2, 0) is 0 Å². The number of para-hydroxylation sites is 2. The lowest BCUT2D eigenvalue weighted by molar-refractivity contribution is 0.868. The normalized spacial score (nSPS) is 12.4. The van der Waals surface area contributed by atoms with Crippen molar-refractivity contribution in [2.75, 3.05) is 9.80 Å². The number of hydrogen-bond donors (Lipinski definition) is 0. The molecule has 1 aliphatic rings. The lowest BCUT2D eigenvalue weighted by atomic mass is 9.90. The summed E-state index contributed by atoms with van der Waals surface area (Å²) in [6.07, 6.45) is 6.12. The van der Waals surface area contributed by atoms with Gasteiger partial charge in [-0.2, -0.15) is 0 Å².